The molecule has 27 heavy (non-hydrogen) atoms. The first-order chi connectivity index (χ1) is 13.1. The minimum atomic E-state index is 0.635. The van der Waals surface area contributed by atoms with E-state index in [0.29, 0.717) is 5.82 Å². The summed E-state index contributed by atoms with van der Waals surface area (Å²) in [7, 11) is 0. The maximum absolute atomic E-state index is 6.00. The van der Waals surface area contributed by atoms with E-state index in [1.54, 1.807) is 12.4 Å². The molecule has 2 aromatic carbocycles. The van der Waals surface area contributed by atoms with Crippen molar-refractivity contribution >= 4 is 34.4 Å². The number of rotatable bonds is 4. The van der Waals surface area contributed by atoms with Gasteiger partial charge in [-0.25, -0.2) is 0 Å². The standard InChI is InChI=1S/C21H18ClN5/c1-14-11-17(15(2)27(14)19-9-7-18(22)8-10-19)13-24-26-21-20-6-4-3-5-16(20)12-23-25-21/h3-13H,1-2H3,(H,25,26)/b24-13-. The quantitative estimate of drug-likeness (QED) is 0.397. The van der Waals surface area contributed by atoms with Crippen molar-refractivity contribution in [3.05, 3.63) is 82.8 Å². The van der Waals surface area contributed by atoms with Gasteiger partial charge in [-0.1, -0.05) is 35.9 Å². The summed E-state index contributed by atoms with van der Waals surface area (Å²) in [5.74, 6) is 0.635. The Labute approximate surface area is 162 Å². The summed E-state index contributed by atoms with van der Waals surface area (Å²) in [6, 6.07) is 17.8. The van der Waals surface area contributed by atoms with Crippen molar-refractivity contribution in [3.8, 4) is 5.69 Å². The normalized spacial score (nSPS) is 11.4. The van der Waals surface area contributed by atoms with E-state index >= 15 is 0 Å². The molecule has 4 rings (SSSR count). The van der Waals surface area contributed by atoms with Gasteiger partial charge < -0.3 is 4.57 Å². The number of aryl methyl sites for hydroxylation is 1. The average Bonchev–Trinajstić information content (AvgIpc) is 2.96. The van der Waals surface area contributed by atoms with Crippen LogP contribution in [0.2, 0.25) is 5.02 Å². The smallest absolute Gasteiger partial charge is 0.176 e. The number of aromatic nitrogens is 3. The average molecular weight is 376 g/mol. The first kappa shape index (κ1) is 17.2. The highest BCUT2D eigenvalue weighted by Crippen LogP contribution is 2.22. The molecule has 0 radical (unpaired) electrons. The molecular weight excluding hydrogens is 358 g/mol. The third-order valence-electron chi connectivity index (χ3n) is 4.50. The Morgan fingerprint density at radius 1 is 1.07 bits per heavy atom. The molecular formula is C21H18ClN5. The zero-order valence-electron chi connectivity index (χ0n) is 15.0. The van der Waals surface area contributed by atoms with E-state index in [1.165, 1.54) is 0 Å². The lowest BCUT2D eigenvalue weighted by atomic mass is 10.2. The van der Waals surface area contributed by atoms with Gasteiger partial charge in [-0.05, 0) is 44.2 Å². The molecule has 0 bridgehead atoms. The van der Waals surface area contributed by atoms with Crippen molar-refractivity contribution in [2.75, 3.05) is 5.43 Å². The van der Waals surface area contributed by atoms with E-state index in [2.05, 4.69) is 45.2 Å². The Balaban J connectivity index is 1.61. The van der Waals surface area contributed by atoms with Gasteiger partial charge in [0.15, 0.2) is 5.82 Å². The zero-order chi connectivity index (χ0) is 18.8. The number of hydrogen-bond acceptors (Lipinski definition) is 4. The highest BCUT2D eigenvalue weighted by atomic mass is 35.5. The summed E-state index contributed by atoms with van der Waals surface area (Å²) in [5.41, 5.74) is 7.34. The van der Waals surface area contributed by atoms with Crippen molar-refractivity contribution in [2.45, 2.75) is 13.8 Å². The van der Waals surface area contributed by atoms with Crippen LogP contribution < -0.4 is 5.43 Å². The first-order valence-corrected chi connectivity index (χ1v) is 8.95. The SMILES string of the molecule is Cc1cc(/C=N\Nc2nncc3ccccc23)c(C)n1-c1ccc(Cl)cc1. The third-order valence-corrected chi connectivity index (χ3v) is 4.75. The molecule has 5 nitrogen and oxygen atoms in total. The molecule has 0 unspecified atom stereocenters. The molecule has 0 aliphatic carbocycles. The van der Waals surface area contributed by atoms with E-state index in [9.17, 15) is 0 Å². The van der Waals surface area contributed by atoms with Gasteiger partial charge in [-0.3, -0.25) is 5.43 Å². The zero-order valence-corrected chi connectivity index (χ0v) is 15.8. The van der Waals surface area contributed by atoms with Crippen LogP contribution in [0.1, 0.15) is 17.0 Å². The molecule has 0 atom stereocenters. The second kappa shape index (κ2) is 7.21. The summed E-state index contributed by atoms with van der Waals surface area (Å²) >= 11 is 6.00. The Bertz CT molecular complexity index is 1120. The lowest BCUT2D eigenvalue weighted by Crippen LogP contribution is -2.00. The van der Waals surface area contributed by atoms with Gasteiger partial charge in [0.25, 0.3) is 0 Å². The van der Waals surface area contributed by atoms with Crippen molar-refractivity contribution in [1.29, 1.82) is 0 Å². The molecule has 134 valence electrons. The number of nitrogens with zero attached hydrogens (tertiary/aromatic N) is 4. The fraction of sp³-hybridized carbons (Fsp3) is 0.0952. The predicted octanol–water partition coefficient (Wildman–Crippen LogP) is 5.14. The van der Waals surface area contributed by atoms with Crippen LogP contribution in [0.4, 0.5) is 5.82 Å². The maximum atomic E-state index is 6.00. The predicted molar refractivity (Wildman–Crippen MR) is 111 cm³/mol. The van der Waals surface area contributed by atoms with E-state index in [4.69, 9.17) is 11.6 Å². The van der Waals surface area contributed by atoms with Crippen molar-refractivity contribution < 1.29 is 0 Å². The van der Waals surface area contributed by atoms with Crippen LogP contribution in [0.3, 0.4) is 0 Å². The molecule has 0 spiro atoms. The molecule has 0 amide bonds. The van der Waals surface area contributed by atoms with Crippen LogP contribution in [0.25, 0.3) is 16.5 Å². The fourth-order valence-electron chi connectivity index (χ4n) is 3.18. The lowest BCUT2D eigenvalue weighted by molar-refractivity contribution is 0.965. The number of fused-ring (bicyclic) bond motifs is 1. The molecule has 4 aromatic rings. The molecule has 1 N–H and O–H groups in total. The van der Waals surface area contributed by atoms with E-state index in [-0.39, 0.29) is 0 Å². The minimum absolute atomic E-state index is 0.635. The number of anilines is 1. The molecule has 0 aliphatic heterocycles. The second-order valence-corrected chi connectivity index (χ2v) is 6.73. The number of nitrogens with one attached hydrogen (secondary N) is 1. The van der Waals surface area contributed by atoms with E-state index in [1.807, 2.05) is 48.5 Å². The third kappa shape index (κ3) is 3.41. The summed E-state index contributed by atoms with van der Waals surface area (Å²) in [5, 5.41) is 15.3. The molecule has 0 saturated carbocycles. The van der Waals surface area contributed by atoms with Crippen molar-refractivity contribution in [1.82, 2.24) is 14.8 Å². The van der Waals surface area contributed by atoms with Crippen LogP contribution in [0.15, 0.2) is 65.9 Å². The van der Waals surface area contributed by atoms with Gasteiger partial charge in [0.1, 0.15) is 0 Å². The van der Waals surface area contributed by atoms with Gasteiger partial charge in [0, 0.05) is 38.4 Å². The molecule has 6 heteroatoms. The Morgan fingerprint density at radius 2 is 1.85 bits per heavy atom. The topological polar surface area (TPSA) is 55.1 Å². The first-order valence-electron chi connectivity index (χ1n) is 8.58. The van der Waals surface area contributed by atoms with Crippen molar-refractivity contribution in [3.63, 3.8) is 0 Å². The van der Waals surface area contributed by atoms with Gasteiger partial charge in [0.05, 0.1) is 12.4 Å². The van der Waals surface area contributed by atoms with Gasteiger partial charge in [0.2, 0.25) is 0 Å². The highest BCUT2D eigenvalue weighted by Gasteiger charge is 2.09. The molecule has 0 aliphatic rings. The fourth-order valence-corrected chi connectivity index (χ4v) is 3.31. The molecule has 0 saturated heterocycles. The second-order valence-electron chi connectivity index (χ2n) is 6.29. The largest absolute Gasteiger partial charge is 0.318 e. The number of halogens is 1. The van der Waals surface area contributed by atoms with Crippen LogP contribution in [0.5, 0.6) is 0 Å². The molecule has 2 aromatic heterocycles. The summed E-state index contributed by atoms with van der Waals surface area (Å²) in [6.45, 7) is 4.14. The Hall–Kier alpha value is -3.18. The van der Waals surface area contributed by atoms with E-state index in [0.717, 1.165) is 38.4 Å². The van der Waals surface area contributed by atoms with Crippen LogP contribution >= 0.6 is 11.6 Å². The monoisotopic (exact) mass is 375 g/mol. The van der Waals surface area contributed by atoms with Gasteiger partial charge in [-0.2, -0.15) is 10.2 Å². The number of hydrazone groups is 1. The minimum Gasteiger partial charge on any atom is -0.318 e. The summed E-state index contributed by atoms with van der Waals surface area (Å²) in [4.78, 5) is 0. The van der Waals surface area contributed by atoms with E-state index < -0.39 is 0 Å². The van der Waals surface area contributed by atoms with Crippen LogP contribution in [-0.4, -0.2) is 21.0 Å². The van der Waals surface area contributed by atoms with Crippen molar-refractivity contribution in [2.24, 2.45) is 5.10 Å². The van der Waals surface area contributed by atoms with Crippen LogP contribution in [-0.2, 0) is 0 Å². The number of benzene rings is 2. The lowest BCUT2D eigenvalue weighted by Gasteiger charge is -2.09. The maximum Gasteiger partial charge on any atom is 0.176 e. The highest BCUT2D eigenvalue weighted by molar-refractivity contribution is 6.30. The number of hydrogen-bond donors (Lipinski definition) is 1. The summed E-state index contributed by atoms with van der Waals surface area (Å²) in [6.07, 6.45) is 3.54. The Kier molecular flexibility index (Phi) is 4.60. The van der Waals surface area contributed by atoms with Gasteiger partial charge >= 0.3 is 0 Å². The van der Waals surface area contributed by atoms with Crippen LogP contribution in [0, 0.1) is 13.8 Å². The summed E-state index contributed by atoms with van der Waals surface area (Å²) < 4.78 is 2.18. The molecule has 2 heterocycles. The Morgan fingerprint density at radius 3 is 2.67 bits per heavy atom. The van der Waals surface area contributed by atoms with Gasteiger partial charge in [-0.15, -0.1) is 5.10 Å². The molecule has 0 fully saturated rings.